The van der Waals surface area contributed by atoms with Crippen LogP contribution >= 0.6 is 0 Å². The lowest BCUT2D eigenvalue weighted by Crippen LogP contribution is -2.32. The molecule has 0 aliphatic carbocycles. The standard InChI is InChI=1S/C10H17N3.2C4H4O4/c1-13(8-7-12-11)9-10-5-3-2-4-6-10;2*5-3(6)1-2-4(7)8/h2-6,12H,7-9,11H2,1H3;2*1-2H,(H,5,6)(H,7,8)/b;2*2-1-. The molecular formula is C18H25N3O8. The molecule has 0 bridgehead atoms. The van der Waals surface area contributed by atoms with Gasteiger partial charge in [0.25, 0.3) is 0 Å². The summed E-state index contributed by atoms with van der Waals surface area (Å²) in [5.74, 6) is 0.165. The normalized spacial score (nSPS) is 10.0. The second kappa shape index (κ2) is 17.9. The summed E-state index contributed by atoms with van der Waals surface area (Å²) < 4.78 is 0. The van der Waals surface area contributed by atoms with Crippen LogP contribution in [-0.2, 0) is 25.7 Å². The van der Waals surface area contributed by atoms with E-state index in [2.05, 4.69) is 41.6 Å². The average Bonchev–Trinajstić information content (AvgIpc) is 2.65. The molecule has 0 aliphatic rings. The molecule has 0 radical (unpaired) electrons. The molecule has 0 fully saturated rings. The highest BCUT2D eigenvalue weighted by Crippen LogP contribution is 2.01. The molecule has 1 aromatic carbocycles. The number of carboxylic acid groups (broad SMARTS) is 4. The molecule has 0 heterocycles. The molecule has 0 aromatic heterocycles. The number of nitrogens with two attached hydrogens (primary N) is 1. The van der Waals surface area contributed by atoms with Gasteiger partial charge in [-0.2, -0.15) is 0 Å². The van der Waals surface area contributed by atoms with E-state index in [9.17, 15) is 19.2 Å². The molecule has 0 saturated carbocycles. The molecule has 0 saturated heterocycles. The third kappa shape index (κ3) is 24.5. The second-order valence-corrected chi connectivity index (χ2v) is 5.20. The lowest BCUT2D eigenvalue weighted by Gasteiger charge is -2.15. The van der Waals surface area contributed by atoms with E-state index in [0.717, 1.165) is 19.6 Å². The first-order valence-electron chi connectivity index (χ1n) is 8.02. The largest absolute Gasteiger partial charge is 0.478 e. The predicted molar refractivity (Wildman–Crippen MR) is 104 cm³/mol. The highest BCUT2D eigenvalue weighted by molar-refractivity contribution is 5.90. The summed E-state index contributed by atoms with van der Waals surface area (Å²) in [4.78, 5) is 40.4. The molecule has 11 heteroatoms. The summed E-state index contributed by atoms with van der Waals surface area (Å²) in [5.41, 5.74) is 3.98. The Hall–Kier alpha value is -3.54. The van der Waals surface area contributed by atoms with Crippen LogP contribution < -0.4 is 11.3 Å². The van der Waals surface area contributed by atoms with Crippen molar-refractivity contribution in [2.24, 2.45) is 5.84 Å². The Morgan fingerprint density at radius 2 is 1.24 bits per heavy atom. The minimum Gasteiger partial charge on any atom is -0.478 e. The van der Waals surface area contributed by atoms with Gasteiger partial charge in [0.05, 0.1) is 0 Å². The van der Waals surface area contributed by atoms with E-state index in [0.29, 0.717) is 24.3 Å². The third-order valence-corrected chi connectivity index (χ3v) is 2.67. The van der Waals surface area contributed by atoms with Crippen LogP contribution in [0, 0.1) is 0 Å². The number of hydrogen-bond acceptors (Lipinski definition) is 7. The number of hydrazine groups is 1. The lowest BCUT2D eigenvalue weighted by atomic mass is 10.2. The molecule has 160 valence electrons. The monoisotopic (exact) mass is 411 g/mol. The summed E-state index contributed by atoms with van der Waals surface area (Å²) in [6.07, 6.45) is 2.23. The van der Waals surface area contributed by atoms with Crippen LogP contribution in [-0.4, -0.2) is 69.3 Å². The third-order valence-electron chi connectivity index (χ3n) is 2.67. The second-order valence-electron chi connectivity index (χ2n) is 5.20. The van der Waals surface area contributed by atoms with Crippen LogP contribution in [0.4, 0.5) is 0 Å². The van der Waals surface area contributed by atoms with Gasteiger partial charge in [0.1, 0.15) is 0 Å². The van der Waals surface area contributed by atoms with Crippen molar-refractivity contribution in [3.63, 3.8) is 0 Å². The van der Waals surface area contributed by atoms with Gasteiger partial charge in [-0.3, -0.25) is 11.3 Å². The Kier molecular flexibility index (Phi) is 17.0. The Labute approximate surface area is 167 Å². The zero-order chi connectivity index (χ0) is 22.7. The van der Waals surface area contributed by atoms with E-state index in [1.165, 1.54) is 5.56 Å². The zero-order valence-electron chi connectivity index (χ0n) is 15.8. The topological polar surface area (TPSA) is 190 Å². The van der Waals surface area contributed by atoms with Crippen LogP contribution in [0.25, 0.3) is 0 Å². The molecule has 0 atom stereocenters. The first-order chi connectivity index (χ1) is 13.6. The first-order valence-corrected chi connectivity index (χ1v) is 8.02. The van der Waals surface area contributed by atoms with E-state index < -0.39 is 23.9 Å². The van der Waals surface area contributed by atoms with Gasteiger partial charge in [-0.1, -0.05) is 30.3 Å². The van der Waals surface area contributed by atoms with Gasteiger partial charge in [0, 0.05) is 43.9 Å². The van der Waals surface area contributed by atoms with Gasteiger partial charge in [0.2, 0.25) is 0 Å². The Balaban J connectivity index is 0. The summed E-state index contributed by atoms with van der Waals surface area (Å²) in [6.45, 7) is 2.76. The predicted octanol–water partition coefficient (Wildman–Crippen LogP) is 0.00530. The fourth-order valence-electron chi connectivity index (χ4n) is 1.51. The zero-order valence-corrected chi connectivity index (χ0v) is 15.8. The maximum atomic E-state index is 9.55. The van der Waals surface area contributed by atoms with Gasteiger partial charge in [0.15, 0.2) is 0 Å². The number of nitrogens with one attached hydrogen (secondary N) is 1. The highest BCUT2D eigenvalue weighted by Gasteiger charge is 1.97. The summed E-state index contributed by atoms with van der Waals surface area (Å²) in [5, 5.41) is 31.2. The number of carboxylic acids is 4. The fraction of sp³-hybridized carbons (Fsp3) is 0.222. The average molecular weight is 411 g/mol. The van der Waals surface area contributed by atoms with Crippen molar-refractivity contribution >= 4 is 23.9 Å². The van der Waals surface area contributed by atoms with Crippen LogP contribution in [0.5, 0.6) is 0 Å². The summed E-state index contributed by atoms with van der Waals surface area (Å²) in [7, 11) is 2.09. The molecule has 0 unspecified atom stereocenters. The maximum Gasteiger partial charge on any atom is 0.328 e. The van der Waals surface area contributed by atoms with Crippen LogP contribution in [0.2, 0.25) is 0 Å². The maximum absolute atomic E-state index is 9.55. The Bertz CT molecular complexity index is 624. The van der Waals surface area contributed by atoms with Crippen LogP contribution in [0.1, 0.15) is 5.56 Å². The van der Waals surface area contributed by atoms with E-state index >= 15 is 0 Å². The number of aliphatic carboxylic acids is 4. The van der Waals surface area contributed by atoms with Crippen molar-refractivity contribution in [2.75, 3.05) is 20.1 Å². The quantitative estimate of drug-likeness (QED) is 0.182. The first kappa shape index (κ1) is 27.7. The summed E-state index contributed by atoms with van der Waals surface area (Å²) in [6, 6.07) is 10.4. The molecule has 0 amide bonds. The summed E-state index contributed by atoms with van der Waals surface area (Å²) >= 11 is 0. The minimum atomic E-state index is -1.26. The number of likely N-dealkylation sites (N-methyl/N-ethyl adjacent to an activating group) is 1. The molecule has 1 aromatic rings. The van der Waals surface area contributed by atoms with Crippen molar-refractivity contribution < 1.29 is 39.6 Å². The van der Waals surface area contributed by atoms with E-state index in [4.69, 9.17) is 26.3 Å². The van der Waals surface area contributed by atoms with Gasteiger partial charge in [-0.25, -0.2) is 19.2 Å². The van der Waals surface area contributed by atoms with Gasteiger partial charge in [-0.05, 0) is 12.6 Å². The number of benzene rings is 1. The Morgan fingerprint density at radius 3 is 1.55 bits per heavy atom. The van der Waals surface area contributed by atoms with Crippen molar-refractivity contribution in [1.29, 1.82) is 0 Å². The number of rotatable bonds is 9. The highest BCUT2D eigenvalue weighted by atomic mass is 16.4. The molecule has 11 nitrogen and oxygen atoms in total. The Morgan fingerprint density at radius 1 is 0.862 bits per heavy atom. The molecule has 1 rings (SSSR count). The van der Waals surface area contributed by atoms with E-state index in [1.807, 2.05) is 6.07 Å². The fourth-order valence-corrected chi connectivity index (χ4v) is 1.51. The van der Waals surface area contributed by atoms with Crippen molar-refractivity contribution in [2.45, 2.75) is 6.54 Å². The van der Waals surface area contributed by atoms with Gasteiger partial charge < -0.3 is 25.3 Å². The van der Waals surface area contributed by atoms with E-state index in [-0.39, 0.29) is 0 Å². The SMILES string of the molecule is CN(CCNN)Cc1ccccc1.O=C(O)/C=C\C(=O)O.O=C(O)/C=C\C(=O)O. The lowest BCUT2D eigenvalue weighted by molar-refractivity contribution is -0.134. The molecule has 29 heavy (non-hydrogen) atoms. The number of nitrogens with zero attached hydrogens (tertiary/aromatic N) is 1. The van der Waals surface area contributed by atoms with Crippen LogP contribution in [0.15, 0.2) is 54.6 Å². The number of hydrogen-bond donors (Lipinski definition) is 6. The number of carbonyl (C=O) groups is 4. The van der Waals surface area contributed by atoms with E-state index in [1.54, 1.807) is 0 Å². The van der Waals surface area contributed by atoms with Crippen molar-refractivity contribution in [1.82, 2.24) is 10.3 Å². The van der Waals surface area contributed by atoms with Gasteiger partial charge in [-0.15, -0.1) is 0 Å². The van der Waals surface area contributed by atoms with Crippen molar-refractivity contribution in [3.05, 3.63) is 60.2 Å². The molecular weight excluding hydrogens is 386 g/mol. The molecule has 0 aliphatic heterocycles. The molecule has 0 spiro atoms. The van der Waals surface area contributed by atoms with Crippen molar-refractivity contribution in [3.8, 4) is 0 Å². The van der Waals surface area contributed by atoms with Gasteiger partial charge >= 0.3 is 23.9 Å². The van der Waals surface area contributed by atoms with Crippen LogP contribution in [0.3, 0.4) is 0 Å². The molecule has 7 N–H and O–H groups in total. The smallest absolute Gasteiger partial charge is 0.328 e. The minimum absolute atomic E-state index is 0.558.